The Balaban J connectivity index is 1.71. The van der Waals surface area contributed by atoms with Crippen molar-refractivity contribution >= 4 is 0 Å². The van der Waals surface area contributed by atoms with Gasteiger partial charge in [-0.25, -0.2) is 4.79 Å². The maximum atomic E-state index is 12.0. The molecule has 1 aliphatic heterocycles. The van der Waals surface area contributed by atoms with E-state index >= 15 is 0 Å². The van der Waals surface area contributed by atoms with E-state index in [1.165, 1.54) is 6.26 Å². The van der Waals surface area contributed by atoms with Crippen LogP contribution in [0.4, 0.5) is 0 Å². The van der Waals surface area contributed by atoms with Crippen LogP contribution < -0.4 is 15.7 Å². The molecular weight excluding hydrogens is 280 g/mol. The Bertz CT molecular complexity index is 648. The van der Waals surface area contributed by atoms with Crippen molar-refractivity contribution in [1.82, 2.24) is 10.2 Å². The molecule has 22 heavy (non-hydrogen) atoms. The van der Waals surface area contributed by atoms with E-state index in [0.29, 0.717) is 17.9 Å². The first-order chi connectivity index (χ1) is 10.8. The minimum atomic E-state index is -0.370. The molecule has 1 aliphatic rings. The Kier molecular flexibility index (Phi) is 4.88. The van der Waals surface area contributed by atoms with E-state index in [0.717, 1.165) is 38.3 Å². The summed E-state index contributed by atoms with van der Waals surface area (Å²) in [6, 6.07) is 11.2. The van der Waals surface area contributed by atoms with Crippen molar-refractivity contribution < 1.29 is 9.15 Å². The third-order valence-electron chi connectivity index (χ3n) is 3.78. The second-order valence-electron chi connectivity index (χ2n) is 5.25. The Hall–Kier alpha value is -2.11. The van der Waals surface area contributed by atoms with Crippen LogP contribution in [0, 0.1) is 0 Å². The molecule has 0 radical (unpaired) electrons. The number of nitrogens with zero attached hydrogens (tertiary/aromatic N) is 1. The first-order valence-electron chi connectivity index (χ1n) is 7.58. The number of rotatable bonds is 5. The zero-order valence-corrected chi connectivity index (χ0v) is 12.5. The smallest absolute Gasteiger partial charge is 0.347 e. The molecule has 0 spiro atoms. The highest BCUT2D eigenvalue weighted by Gasteiger charge is 2.13. The summed E-state index contributed by atoms with van der Waals surface area (Å²) < 4.78 is 10.8. The molecule has 2 aromatic rings. The zero-order chi connectivity index (χ0) is 15.2. The molecule has 0 amide bonds. The van der Waals surface area contributed by atoms with E-state index in [4.69, 9.17) is 9.15 Å². The number of ether oxygens (including phenoxy) is 1. The van der Waals surface area contributed by atoms with Crippen molar-refractivity contribution in [2.45, 2.75) is 0 Å². The predicted molar refractivity (Wildman–Crippen MR) is 85.2 cm³/mol. The average molecular weight is 300 g/mol. The van der Waals surface area contributed by atoms with Gasteiger partial charge >= 0.3 is 5.63 Å². The lowest BCUT2D eigenvalue weighted by Gasteiger charge is -2.27. The Morgan fingerprint density at radius 2 is 1.91 bits per heavy atom. The second kappa shape index (κ2) is 7.24. The molecule has 0 bridgehead atoms. The van der Waals surface area contributed by atoms with Gasteiger partial charge in [0.05, 0.1) is 6.26 Å². The summed E-state index contributed by atoms with van der Waals surface area (Å²) in [5.74, 6) is 0.581. The minimum Gasteiger partial charge on any atom is -0.491 e. The van der Waals surface area contributed by atoms with Gasteiger partial charge in [-0.05, 0) is 5.56 Å². The van der Waals surface area contributed by atoms with Crippen molar-refractivity contribution in [2.75, 3.05) is 39.3 Å². The van der Waals surface area contributed by atoms with Crippen molar-refractivity contribution in [1.29, 1.82) is 0 Å². The van der Waals surface area contributed by atoms with Gasteiger partial charge in [-0.1, -0.05) is 30.3 Å². The summed E-state index contributed by atoms with van der Waals surface area (Å²) >= 11 is 0. The summed E-state index contributed by atoms with van der Waals surface area (Å²) in [6.45, 7) is 5.52. The molecule has 1 aromatic heterocycles. The van der Waals surface area contributed by atoms with E-state index in [9.17, 15) is 4.79 Å². The van der Waals surface area contributed by atoms with Crippen LogP contribution in [0.3, 0.4) is 0 Å². The van der Waals surface area contributed by atoms with Crippen LogP contribution in [0.25, 0.3) is 11.1 Å². The highest BCUT2D eigenvalue weighted by Crippen LogP contribution is 2.26. The standard InChI is InChI=1S/C17H20N2O3/c20-17-16(14-4-2-1-3-5-14)15(6-12-22-17)21-13-11-19-9-7-18-8-10-19/h1-6,12,18H,7-11,13H2. The van der Waals surface area contributed by atoms with Crippen LogP contribution in [0.5, 0.6) is 5.75 Å². The molecule has 116 valence electrons. The highest BCUT2D eigenvalue weighted by molar-refractivity contribution is 5.68. The fourth-order valence-corrected chi connectivity index (χ4v) is 2.61. The molecule has 1 aromatic carbocycles. The molecule has 1 fully saturated rings. The van der Waals surface area contributed by atoms with Crippen molar-refractivity contribution in [3.8, 4) is 16.9 Å². The number of benzene rings is 1. The van der Waals surface area contributed by atoms with Crippen LogP contribution in [0.2, 0.25) is 0 Å². The SMILES string of the molecule is O=c1occc(OCCN2CCNCC2)c1-c1ccccc1. The molecule has 0 aliphatic carbocycles. The maximum absolute atomic E-state index is 12.0. The topological polar surface area (TPSA) is 54.7 Å². The van der Waals surface area contributed by atoms with Gasteiger partial charge in [-0.15, -0.1) is 0 Å². The van der Waals surface area contributed by atoms with Crippen LogP contribution in [0.1, 0.15) is 0 Å². The average Bonchev–Trinajstić information content (AvgIpc) is 2.57. The summed E-state index contributed by atoms with van der Waals surface area (Å²) in [6.07, 6.45) is 1.38. The first-order valence-corrected chi connectivity index (χ1v) is 7.58. The predicted octanol–water partition coefficient (Wildman–Crippen LogP) is 1.59. The summed E-state index contributed by atoms with van der Waals surface area (Å²) in [5.41, 5.74) is 0.934. The van der Waals surface area contributed by atoms with Crippen LogP contribution in [0.15, 0.2) is 51.9 Å². The van der Waals surface area contributed by atoms with Gasteiger partial charge in [0.25, 0.3) is 0 Å². The minimum absolute atomic E-state index is 0.370. The van der Waals surface area contributed by atoms with Crippen molar-refractivity contribution in [3.63, 3.8) is 0 Å². The molecule has 3 rings (SSSR count). The molecule has 2 heterocycles. The Morgan fingerprint density at radius 1 is 1.14 bits per heavy atom. The van der Waals surface area contributed by atoms with Crippen molar-refractivity contribution in [2.24, 2.45) is 0 Å². The van der Waals surface area contributed by atoms with E-state index < -0.39 is 0 Å². The van der Waals surface area contributed by atoms with E-state index in [-0.39, 0.29) is 5.63 Å². The van der Waals surface area contributed by atoms with Gasteiger partial charge < -0.3 is 14.5 Å². The zero-order valence-electron chi connectivity index (χ0n) is 12.5. The lowest BCUT2D eigenvalue weighted by atomic mass is 10.1. The number of hydrogen-bond donors (Lipinski definition) is 1. The quantitative estimate of drug-likeness (QED) is 0.909. The van der Waals surface area contributed by atoms with Gasteiger partial charge in [-0.2, -0.15) is 0 Å². The highest BCUT2D eigenvalue weighted by atomic mass is 16.5. The maximum Gasteiger partial charge on any atom is 0.347 e. The third-order valence-corrected chi connectivity index (χ3v) is 3.78. The fourth-order valence-electron chi connectivity index (χ4n) is 2.61. The molecule has 5 nitrogen and oxygen atoms in total. The monoisotopic (exact) mass is 300 g/mol. The normalized spacial score (nSPS) is 15.6. The van der Waals surface area contributed by atoms with Crippen LogP contribution >= 0.6 is 0 Å². The van der Waals surface area contributed by atoms with Gasteiger partial charge in [0.15, 0.2) is 0 Å². The van der Waals surface area contributed by atoms with Gasteiger partial charge in [0.2, 0.25) is 0 Å². The van der Waals surface area contributed by atoms with E-state index in [1.807, 2.05) is 30.3 Å². The third kappa shape index (κ3) is 3.55. The molecule has 0 saturated carbocycles. The summed E-state index contributed by atoms with van der Waals surface area (Å²) in [7, 11) is 0. The lowest BCUT2D eigenvalue weighted by molar-refractivity contribution is 0.191. The first kappa shape index (κ1) is 14.8. The number of nitrogens with one attached hydrogen (secondary N) is 1. The van der Waals surface area contributed by atoms with Gasteiger partial charge in [0.1, 0.15) is 17.9 Å². The summed E-state index contributed by atoms with van der Waals surface area (Å²) in [5, 5.41) is 3.32. The molecule has 5 heteroatoms. The van der Waals surface area contributed by atoms with Gasteiger partial charge in [-0.3, -0.25) is 4.90 Å². The molecule has 1 saturated heterocycles. The Labute approximate surface area is 129 Å². The van der Waals surface area contributed by atoms with Crippen LogP contribution in [-0.2, 0) is 0 Å². The molecule has 1 N–H and O–H groups in total. The number of hydrogen-bond acceptors (Lipinski definition) is 5. The van der Waals surface area contributed by atoms with Gasteiger partial charge in [0, 0.05) is 38.8 Å². The van der Waals surface area contributed by atoms with Crippen molar-refractivity contribution in [3.05, 3.63) is 53.1 Å². The van der Waals surface area contributed by atoms with Crippen LogP contribution in [-0.4, -0.2) is 44.2 Å². The number of piperazine rings is 1. The largest absolute Gasteiger partial charge is 0.491 e. The van der Waals surface area contributed by atoms with E-state index in [1.54, 1.807) is 6.07 Å². The molecule has 0 unspecified atom stereocenters. The molecule has 0 atom stereocenters. The lowest BCUT2D eigenvalue weighted by Crippen LogP contribution is -2.44. The fraction of sp³-hybridized carbons (Fsp3) is 0.353. The Morgan fingerprint density at radius 3 is 2.68 bits per heavy atom. The summed E-state index contributed by atoms with van der Waals surface area (Å²) in [4.78, 5) is 14.4. The second-order valence-corrected chi connectivity index (χ2v) is 5.25. The molecular formula is C17H20N2O3. The van der Waals surface area contributed by atoms with E-state index in [2.05, 4.69) is 10.2 Å².